The molecule has 0 fully saturated rings. The molecule has 2 heterocycles. The van der Waals surface area contributed by atoms with Crippen LogP contribution in [0.25, 0.3) is 0 Å². The molecule has 0 amide bonds. The van der Waals surface area contributed by atoms with Crippen LogP contribution in [0, 0.1) is 0 Å². The lowest BCUT2D eigenvalue weighted by Crippen LogP contribution is -2.36. The number of aliphatic hydroxyl groups is 1. The Kier molecular flexibility index (Phi) is 11.4. The third kappa shape index (κ3) is 8.30. The molecule has 0 radical (unpaired) electrons. The van der Waals surface area contributed by atoms with Crippen molar-refractivity contribution in [2.24, 2.45) is 0 Å². The van der Waals surface area contributed by atoms with Gasteiger partial charge in [0.25, 0.3) is 5.56 Å². The Hall–Kier alpha value is -2.16. The van der Waals surface area contributed by atoms with Crippen molar-refractivity contribution >= 4 is 11.6 Å². The molecule has 0 aromatic carbocycles. The van der Waals surface area contributed by atoms with Crippen molar-refractivity contribution in [3.05, 3.63) is 45.5 Å². The first kappa shape index (κ1) is 25.9. The van der Waals surface area contributed by atoms with E-state index in [9.17, 15) is 4.79 Å². The summed E-state index contributed by atoms with van der Waals surface area (Å²) < 4.78 is 17.7. The lowest BCUT2D eigenvalue weighted by atomic mass is 10.1. The molecular weight excluding hydrogens is 410 g/mol. The molecule has 8 nitrogen and oxygen atoms in total. The Morgan fingerprint density at radius 2 is 1.83 bits per heavy atom. The normalized spacial score (nSPS) is 10.9. The van der Waals surface area contributed by atoms with Crippen LogP contribution < -0.4 is 15.0 Å². The summed E-state index contributed by atoms with van der Waals surface area (Å²) >= 11 is 6.14. The zero-order chi connectivity index (χ0) is 22.6. The summed E-state index contributed by atoms with van der Waals surface area (Å²) in [5.74, 6) is 0.703. The van der Waals surface area contributed by atoms with E-state index in [-0.39, 0.29) is 24.0 Å². The summed E-state index contributed by atoms with van der Waals surface area (Å²) in [6.07, 6.45) is 3.67. The summed E-state index contributed by atoms with van der Waals surface area (Å²) in [6, 6.07) is 3.54. The summed E-state index contributed by atoms with van der Waals surface area (Å²) in [6.45, 7) is 11.2. The molecule has 0 atom stereocenters. The fourth-order valence-electron chi connectivity index (χ4n) is 2.21. The van der Waals surface area contributed by atoms with Crippen LogP contribution in [0.2, 0.25) is 5.02 Å². The van der Waals surface area contributed by atoms with Crippen LogP contribution in [0.5, 0.6) is 11.6 Å². The zero-order valence-electron chi connectivity index (χ0n) is 18.4. The van der Waals surface area contributed by atoms with Gasteiger partial charge in [0.2, 0.25) is 5.88 Å². The van der Waals surface area contributed by atoms with E-state index in [1.165, 1.54) is 10.9 Å². The number of rotatable bonds is 10. The van der Waals surface area contributed by atoms with E-state index in [0.29, 0.717) is 32.1 Å². The first-order valence-corrected chi connectivity index (χ1v) is 10.4. The summed E-state index contributed by atoms with van der Waals surface area (Å²) in [5.41, 5.74) is -0.0690. The third-order valence-electron chi connectivity index (χ3n) is 3.64. The van der Waals surface area contributed by atoms with E-state index in [2.05, 4.69) is 10.1 Å². The Balaban J connectivity index is 0.00000218. The van der Waals surface area contributed by atoms with Crippen molar-refractivity contribution in [1.29, 1.82) is 0 Å². The van der Waals surface area contributed by atoms with Gasteiger partial charge in [-0.2, -0.15) is 5.10 Å². The largest absolute Gasteiger partial charge is 0.485 e. The molecule has 9 heteroatoms. The number of ether oxygens (including phenoxy) is 3. The molecular formula is C21H32ClN3O5. The highest BCUT2D eigenvalue weighted by Gasteiger charge is 2.20. The minimum Gasteiger partial charge on any atom is -0.485 e. The van der Waals surface area contributed by atoms with Crippen molar-refractivity contribution in [3.8, 4) is 11.6 Å². The Morgan fingerprint density at radius 1 is 1.10 bits per heavy atom. The SMILES string of the molecule is CC.CC(C)(C)n1ncc(OCc2ccc(OCCOCCCO)nc2)c(Cl)c1=O. The molecule has 0 saturated heterocycles. The van der Waals surface area contributed by atoms with Gasteiger partial charge in [0.05, 0.1) is 18.3 Å². The Labute approximate surface area is 182 Å². The quantitative estimate of drug-likeness (QED) is 0.564. The van der Waals surface area contributed by atoms with Gasteiger partial charge in [0, 0.05) is 31.0 Å². The van der Waals surface area contributed by atoms with Crippen LogP contribution in [0.1, 0.15) is 46.6 Å². The predicted octanol–water partition coefficient (Wildman–Crippen LogP) is 3.43. The van der Waals surface area contributed by atoms with Crippen molar-refractivity contribution < 1.29 is 19.3 Å². The molecule has 0 aliphatic rings. The van der Waals surface area contributed by atoms with E-state index < -0.39 is 11.1 Å². The average molecular weight is 442 g/mol. The zero-order valence-corrected chi connectivity index (χ0v) is 19.1. The number of aromatic nitrogens is 3. The van der Waals surface area contributed by atoms with Gasteiger partial charge < -0.3 is 19.3 Å². The van der Waals surface area contributed by atoms with Gasteiger partial charge in [-0.1, -0.05) is 25.4 Å². The maximum atomic E-state index is 12.3. The third-order valence-corrected chi connectivity index (χ3v) is 3.99. The number of nitrogens with zero attached hydrogens (tertiary/aromatic N) is 3. The van der Waals surface area contributed by atoms with Crippen molar-refractivity contribution in [2.75, 3.05) is 26.4 Å². The van der Waals surface area contributed by atoms with Gasteiger partial charge in [-0.15, -0.1) is 0 Å². The van der Waals surface area contributed by atoms with E-state index in [1.54, 1.807) is 12.3 Å². The highest BCUT2D eigenvalue weighted by Crippen LogP contribution is 2.22. The second-order valence-corrected chi connectivity index (χ2v) is 7.42. The van der Waals surface area contributed by atoms with Crippen LogP contribution in [0.4, 0.5) is 0 Å². The number of aliphatic hydroxyl groups excluding tert-OH is 1. The first-order valence-electron chi connectivity index (χ1n) is 10.0. The van der Waals surface area contributed by atoms with Crippen LogP contribution in [-0.2, 0) is 16.9 Å². The predicted molar refractivity (Wildman–Crippen MR) is 116 cm³/mol. The molecule has 30 heavy (non-hydrogen) atoms. The van der Waals surface area contributed by atoms with Crippen molar-refractivity contribution in [3.63, 3.8) is 0 Å². The standard InChI is InChI=1S/C19H26ClN3O5.C2H6/c1-19(2,3)23-18(25)17(20)15(12-22-23)28-13-14-5-6-16(21-11-14)27-10-9-26-8-4-7-24;1-2/h5-6,11-12,24H,4,7-10,13H2,1-3H3;1-2H3. The van der Waals surface area contributed by atoms with Gasteiger partial charge in [-0.25, -0.2) is 9.67 Å². The summed E-state index contributed by atoms with van der Waals surface area (Å²) in [5, 5.41) is 12.8. The molecule has 0 saturated carbocycles. The smallest absolute Gasteiger partial charge is 0.289 e. The first-order chi connectivity index (χ1) is 14.3. The van der Waals surface area contributed by atoms with Gasteiger partial charge >= 0.3 is 0 Å². The minimum atomic E-state index is -0.469. The Morgan fingerprint density at radius 3 is 2.43 bits per heavy atom. The number of pyridine rings is 1. The molecule has 0 aliphatic carbocycles. The monoisotopic (exact) mass is 441 g/mol. The highest BCUT2D eigenvalue weighted by atomic mass is 35.5. The fraction of sp³-hybridized carbons (Fsp3) is 0.571. The topological polar surface area (TPSA) is 95.7 Å². The molecule has 168 valence electrons. The van der Waals surface area contributed by atoms with Crippen LogP contribution in [0.3, 0.4) is 0 Å². The molecule has 0 aliphatic heterocycles. The second kappa shape index (κ2) is 13.2. The fourth-order valence-corrected chi connectivity index (χ4v) is 2.40. The molecule has 0 unspecified atom stereocenters. The van der Waals surface area contributed by atoms with Gasteiger partial charge in [0.1, 0.15) is 13.2 Å². The van der Waals surface area contributed by atoms with Gasteiger partial charge in [0.15, 0.2) is 10.8 Å². The van der Waals surface area contributed by atoms with Crippen LogP contribution >= 0.6 is 11.6 Å². The van der Waals surface area contributed by atoms with E-state index in [4.69, 9.17) is 30.9 Å². The Bertz CT molecular complexity index is 804. The van der Waals surface area contributed by atoms with Gasteiger partial charge in [-0.05, 0) is 33.3 Å². The average Bonchev–Trinajstić information content (AvgIpc) is 2.73. The molecule has 0 spiro atoms. The van der Waals surface area contributed by atoms with E-state index in [0.717, 1.165) is 5.56 Å². The second-order valence-electron chi connectivity index (χ2n) is 7.04. The lowest BCUT2D eigenvalue weighted by molar-refractivity contribution is 0.0870. The highest BCUT2D eigenvalue weighted by molar-refractivity contribution is 6.31. The summed E-state index contributed by atoms with van der Waals surface area (Å²) in [4.78, 5) is 16.5. The van der Waals surface area contributed by atoms with Crippen molar-refractivity contribution in [2.45, 2.75) is 53.2 Å². The lowest BCUT2D eigenvalue weighted by Gasteiger charge is -2.21. The summed E-state index contributed by atoms with van der Waals surface area (Å²) in [7, 11) is 0. The van der Waals surface area contributed by atoms with E-state index >= 15 is 0 Å². The van der Waals surface area contributed by atoms with E-state index in [1.807, 2.05) is 40.7 Å². The molecule has 2 rings (SSSR count). The van der Waals surface area contributed by atoms with Crippen LogP contribution in [0.15, 0.2) is 29.3 Å². The molecule has 0 bridgehead atoms. The van der Waals surface area contributed by atoms with Crippen molar-refractivity contribution in [1.82, 2.24) is 14.8 Å². The van der Waals surface area contributed by atoms with Crippen LogP contribution in [-0.4, -0.2) is 46.3 Å². The molecule has 2 aromatic rings. The molecule has 2 aromatic heterocycles. The van der Waals surface area contributed by atoms with Gasteiger partial charge in [-0.3, -0.25) is 4.79 Å². The minimum absolute atomic E-state index is 0.000893. The molecule has 1 N–H and O–H groups in total. The maximum absolute atomic E-state index is 12.3. The number of hydrogen-bond donors (Lipinski definition) is 1. The number of hydrogen-bond acceptors (Lipinski definition) is 7. The maximum Gasteiger partial charge on any atom is 0.289 e. The number of halogens is 1.